The van der Waals surface area contributed by atoms with Crippen LogP contribution in [0.25, 0.3) is 0 Å². The number of carbonyl (C=O) groups excluding carboxylic acids is 1. The molecule has 0 aromatic heterocycles. The van der Waals surface area contributed by atoms with Gasteiger partial charge in [-0.25, -0.2) is 0 Å². The van der Waals surface area contributed by atoms with E-state index in [9.17, 15) is 4.79 Å². The Balaban J connectivity index is 1.33. The molecule has 4 nitrogen and oxygen atoms in total. The van der Waals surface area contributed by atoms with Gasteiger partial charge in [-0.15, -0.1) is 0 Å². The van der Waals surface area contributed by atoms with Crippen LogP contribution in [0.2, 0.25) is 0 Å². The van der Waals surface area contributed by atoms with Gasteiger partial charge in [0.2, 0.25) is 0 Å². The van der Waals surface area contributed by atoms with E-state index in [-0.39, 0.29) is 11.3 Å². The zero-order valence-electron chi connectivity index (χ0n) is 16.2. The van der Waals surface area contributed by atoms with E-state index in [0.717, 1.165) is 50.6 Å². The monoisotopic (exact) mass is 356 g/mol. The minimum Gasteiger partial charge on any atom is -0.379 e. The lowest BCUT2D eigenvalue weighted by atomic mass is 9.80. The molecule has 3 heterocycles. The Morgan fingerprint density at radius 3 is 2.35 bits per heavy atom. The summed E-state index contributed by atoms with van der Waals surface area (Å²) in [5.74, 6) is 1.02. The van der Waals surface area contributed by atoms with Gasteiger partial charge >= 0.3 is 0 Å². The number of rotatable bonds is 3. The fraction of sp³-hybridized carbons (Fsp3) is 0.682. The van der Waals surface area contributed by atoms with E-state index in [1.54, 1.807) is 0 Å². The highest BCUT2D eigenvalue weighted by Gasteiger charge is 2.35. The zero-order valence-corrected chi connectivity index (χ0v) is 16.2. The number of benzene rings is 1. The summed E-state index contributed by atoms with van der Waals surface area (Å²) in [4.78, 5) is 17.6. The lowest BCUT2D eigenvalue weighted by molar-refractivity contribution is -0.0500. The van der Waals surface area contributed by atoms with Crippen molar-refractivity contribution < 1.29 is 9.53 Å². The molecule has 0 N–H and O–H groups in total. The van der Waals surface area contributed by atoms with Crippen LogP contribution in [0, 0.1) is 5.92 Å². The number of nitrogens with zero attached hydrogens (tertiary/aromatic N) is 2. The first-order valence-corrected chi connectivity index (χ1v) is 10.3. The lowest BCUT2D eigenvalue weighted by Gasteiger charge is -2.42. The quantitative estimate of drug-likeness (QED) is 0.833. The van der Waals surface area contributed by atoms with Crippen molar-refractivity contribution in [2.75, 3.05) is 39.4 Å². The van der Waals surface area contributed by atoms with E-state index in [4.69, 9.17) is 4.74 Å². The van der Waals surface area contributed by atoms with Gasteiger partial charge in [-0.05, 0) is 55.8 Å². The van der Waals surface area contributed by atoms with Gasteiger partial charge in [0.1, 0.15) is 0 Å². The van der Waals surface area contributed by atoms with Crippen molar-refractivity contribution in [2.24, 2.45) is 5.92 Å². The smallest absolute Gasteiger partial charge is 0.253 e. The topological polar surface area (TPSA) is 32.8 Å². The number of amides is 1. The van der Waals surface area contributed by atoms with Crippen molar-refractivity contribution in [1.29, 1.82) is 0 Å². The molecule has 1 aromatic carbocycles. The molecule has 1 amide bonds. The van der Waals surface area contributed by atoms with Crippen LogP contribution in [0.1, 0.15) is 55.5 Å². The molecule has 1 aromatic rings. The summed E-state index contributed by atoms with van der Waals surface area (Å²) in [6, 6.07) is 8.89. The molecule has 0 saturated carbocycles. The first-order chi connectivity index (χ1) is 12.5. The third kappa shape index (κ3) is 3.54. The SMILES string of the molecule is C[C@H]1CCCN(C2CCN(C(=O)c3ccc(C4(C)COC4)cc3)CC2)C1. The maximum absolute atomic E-state index is 12.9. The summed E-state index contributed by atoms with van der Waals surface area (Å²) >= 11 is 0. The molecule has 4 rings (SSSR count). The third-order valence-corrected chi connectivity index (χ3v) is 6.63. The first-order valence-electron chi connectivity index (χ1n) is 10.3. The molecule has 26 heavy (non-hydrogen) atoms. The van der Waals surface area contributed by atoms with Crippen LogP contribution in [-0.4, -0.2) is 61.1 Å². The third-order valence-electron chi connectivity index (χ3n) is 6.63. The average molecular weight is 357 g/mol. The predicted octanol–water partition coefficient (Wildman–Crippen LogP) is 3.31. The second kappa shape index (κ2) is 7.32. The van der Waals surface area contributed by atoms with Gasteiger partial charge in [0.15, 0.2) is 0 Å². The standard InChI is InChI=1S/C22H32N2O2/c1-17-4-3-11-24(14-17)20-9-12-23(13-10-20)21(25)18-5-7-19(8-6-18)22(2)15-26-16-22/h5-8,17,20H,3-4,9-16H2,1-2H3/t17-/m0/s1. The molecule has 0 unspecified atom stereocenters. The lowest BCUT2D eigenvalue weighted by Crippen LogP contribution is -2.49. The van der Waals surface area contributed by atoms with Gasteiger partial charge in [-0.2, -0.15) is 0 Å². The molecule has 0 bridgehead atoms. The van der Waals surface area contributed by atoms with E-state index in [1.165, 1.54) is 31.5 Å². The number of hydrogen-bond acceptors (Lipinski definition) is 3. The Bertz CT molecular complexity index is 630. The molecule has 0 spiro atoms. The van der Waals surface area contributed by atoms with Crippen molar-refractivity contribution in [3.63, 3.8) is 0 Å². The Hall–Kier alpha value is -1.39. The summed E-state index contributed by atoms with van der Waals surface area (Å²) in [7, 11) is 0. The van der Waals surface area contributed by atoms with Gasteiger partial charge in [-0.3, -0.25) is 9.69 Å². The normalized spacial score (nSPS) is 27.2. The largest absolute Gasteiger partial charge is 0.379 e. The highest BCUT2D eigenvalue weighted by Crippen LogP contribution is 2.32. The van der Waals surface area contributed by atoms with Crippen LogP contribution in [0.15, 0.2) is 24.3 Å². The summed E-state index contributed by atoms with van der Waals surface area (Å²) in [5.41, 5.74) is 2.23. The first kappa shape index (κ1) is 18.0. The average Bonchev–Trinajstić information content (AvgIpc) is 2.66. The predicted molar refractivity (Wildman–Crippen MR) is 104 cm³/mol. The maximum Gasteiger partial charge on any atom is 0.253 e. The van der Waals surface area contributed by atoms with Crippen LogP contribution in [0.3, 0.4) is 0 Å². The highest BCUT2D eigenvalue weighted by molar-refractivity contribution is 5.94. The summed E-state index contributed by atoms with van der Waals surface area (Å²) in [6.45, 7) is 10.4. The van der Waals surface area contributed by atoms with Gasteiger partial charge < -0.3 is 9.64 Å². The van der Waals surface area contributed by atoms with Gasteiger partial charge in [0.25, 0.3) is 5.91 Å². The van der Waals surface area contributed by atoms with Crippen molar-refractivity contribution >= 4 is 5.91 Å². The van der Waals surface area contributed by atoms with E-state index in [0.29, 0.717) is 6.04 Å². The van der Waals surface area contributed by atoms with Crippen LogP contribution >= 0.6 is 0 Å². The maximum atomic E-state index is 12.9. The van der Waals surface area contributed by atoms with Gasteiger partial charge in [-0.1, -0.05) is 26.0 Å². The van der Waals surface area contributed by atoms with Crippen molar-refractivity contribution in [3.8, 4) is 0 Å². The summed E-state index contributed by atoms with van der Waals surface area (Å²) in [6.07, 6.45) is 4.93. The molecule has 1 atom stereocenters. The van der Waals surface area contributed by atoms with Crippen molar-refractivity contribution in [3.05, 3.63) is 35.4 Å². The molecular formula is C22H32N2O2. The van der Waals surface area contributed by atoms with E-state index in [2.05, 4.69) is 30.9 Å². The number of piperidine rings is 2. The molecular weight excluding hydrogens is 324 g/mol. The van der Waals surface area contributed by atoms with E-state index < -0.39 is 0 Å². The van der Waals surface area contributed by atoms with Gasteiger partial charge in [0.05, 0.1) is 13.2 Å². The minimum absolute atomic E-state index is 0.130. The van der Waals surface area contributed by atoms with Crippen LogP contribution in [-0.2, 0) is 10.2 Å². The fourth-order valence-electron chi connectivity index (χ4n) is 4.76. The molecule has 4 heteroatoms. The number of carbonyl (C=O) groups is 1. The number of likely N-dealkylation sites (tertiary alicyclic amines) is 2. The van der Waals surface area contributed by atoms with Crippen LogP contribution in [0.4, 0.5) is 0 Å². The summed E-state index contributed by atoms with van der Waals surface area (Å²) in [5, 5.41) is 0. The molecule has 3 saturated heterocycles. The Kier molecular flexibility index (Phi) is 5.07. The molecule has 142 valence electrons. The molecule has 0 aliphatic carbocycles. The highest BCUT2D eigenvalue weighted by atomic mass is 16.5. The molecule has 3 fully saturated rings. The second-order valence-electron chi connectivity index (χ2n) is 8.90. The fourth-order valence-corrected chi connectivity index (χ4v) is 4.76. The molecule has 3 aliphatic heterocycles. The number of hydrogen-bond donors (Lipinski definition) is 0. The summed E-state index contributed by atoms with van der Waals surface area (Å²) < 4.78 is 5.35. The van der Waals surface area contributed by atoms with Gasteiger partial charge in [0, 0.05) is 36.7 Å². The minimum atomic E-state index is 0.130. The Labute approximate surface area is 157 Å². The van der Waals surface area contributed by atoms with Crippen molar-refractivity contribution in [1.82, 2.24) is 9.80 Å². The van der Waals surface area contributed by atoms with Crippen molar-refractivity contribution in [2.45, 2.75) is 51.0 Å². The zero-order chi connectivity index (χ0) is 18.1. The van der Waals surface area contributed by atoms with E-state index in [1.807, 2.05) is 17.0 Å². The van der Waals surface area contributed by atoms with E-state index >= 15 is 0 Å². The Morgan fingerprint density at radius 1 is 1.08 bits per heavy atom. The van der Waals surface area contributed by atoms with Crippen LogP contribution < -0.4 is 0 Å². The Morgan fingerprint density at radius 2 is 1.77 bits per heavy atom. The number of ether oxygens (including phenoxy) is 1. The van der Waals surface area contributed by atoms with Crippen LogP contribution in [0.5, 0.6) is 0 Å². The second-order valence-corrected chi connectivity index (χ2v) is 8.90. The molecule has 0 radical (unpaired) electrons. The molecule has 3 aliphatic rings.